The quantitative estimate of drug-likeness (QED) is 0.472. The third-order valence-corrected chi connectivity index (χ3v) is 1.71. The number of carboxylic acid groups (broad SMARTS) is 2. The molecule has 0 aliphatic rings. The number of esters is 1. The van der Waals surface area contributed by atoms with Gasteiger partial charge in [-0.3, -0.25) is 9.59 Å². The predicted octanol–water partition coefficient (Wildman–Crippen LogP) is 0.815. The minimum atomic E-state index is -1.05. The predicted molar refractivity (Wildman–Crippen MR) is 53.8 cm³/mol. The number of aliphatic carboxylic acids is 2. The standard InChI is InChI=1S/C10H14O6/c1-7(3-2-4-8(11)12)10(15)16-6-5-9(13)14/h1-6H2,(H,11,12)(H,13,14). The second kappa shape index (κ2) is 7.44. The highest BCUT2D eigenvalue weighted by molar-refractivity contribution is 5.87. The monoisotopic (exact) mass is 230 g/mol. The molecule has 0 atom stereocenters. The van der Waals surface area contributed by atoms with Gasteiger partial charge >= 0.3 is 17.9 Å². The fraction of sp³-hybridized carbons (Fsp3) is 0.500. The lowest BCUT2D eigenvalue weighted by Gasteiger charge is -2.04. The summed E-state index contributed by atoms with van der Waals surface area (Å²) in [6, 6.07) is 0. The fourth-order valence-corrected chi connectivity index (χ4v) is 0.888. The first-order valence-corrected chi connectivity index (χ1v) is 4.72. The number of carbonyl (C=O) groups excluding carboxylic acids is 1. The van der Waals surface area contributed by atoms with E-state index < -0.39 is 17.9 Å². The summed E-state index contributed by atoms with van der Waals surface area (Å²) < 4.78 is 4.61. The van der Waals surface area contributed by atoms with E-state index in [9.17, 15) is 14.4 Å². The Bertz CT molecular complexity index is 264. The van der Waals surface area contributed by atoms with Crippen molar-refractivity contribution in [1.82, 2.24) is 0 Å². The number of rotatable bonds is 8. The van der Waals surface area contributed by atoms with Crippen molar-refractivity contribution in [3.8, 4) is 0 Å². The smallest absolute Gasteiger partial charge is 0.333 e. The van der Waals surface area contributed by atoms with Gasteiger partial charge in [-0.05, 0) is 12.8 Å². The van der Waals surface area contributed by atoms with Gasteiger partial charge in [0.25, 0.3) is 0 Å². The molecule has 0 bridgehead atoms. The molecule has 0 saturated carbocycles. The number of carboxylic acids is 2. The Morgan fingerprint density at radius 2 is 1.56 bits per heavy atom. The zero-order valence-corrected chi connectivity index (χ0v) is 8.77. The van der Waals surface area contributed by atoms with Gasteiger partial charge in [0.15, 0.2) is 0 Å². The first-order chi connectivity index (χ1) is 7.43. The molecular formula is C10H14O6. The Balaban J connectivity index is 3.69. The van der Waals surface area contributed by atoms with Gasteiger partial charge in [0, 0.05) is 12.0 Å². The highest BCUT2D eigenvalue weighted by Gasteiger charge is 2.09. The normalized spacial score (nSPS) is 9.50. The number of carbonyl (C=O) groups is 3. The van der Waals surface area contributed by atoms with E-state index in [1.807, 2.05) is 0 Å². The average molecular weight is 230 g/mol. The van der Waals surface area contributed by atoms with Crippen molar-refractivity contribution in [2.45, 2.75) is 25.7 Å². The van der Waals surface area contributed by atoms with Gasteiger partial charge in [-0.1, -0.05) is 6.58 Å². The molecule has 0 aromatic heterocycles. The third kappa shape index (κ3) is 7.54. The molecule has 0 aromatic rings. The van der Waals surface area contributed by atoms with Crippen molar-refractivity contribution in [2.75, 3.05) is 6.61 Å². The van der Waals surface area contributed by atoms with E-state index in [2.05, 4.69) is 11.3 Å². The molecule has 6 heteroatoms. The van der Waals surface area contributed by atoms with Crippen LogP contribution in [0.25, 0.3) is 0 Å². The van der Waals surface area contributed by atoms with Crippen LogP contribution in [-0.4, -0.2) is 34.7 Å². The minimum absolute atomic E-state index is 0.0403. The lowest BCUT2D eigenvalue weighted by atomic mass is 10.1. The Morgan fingerprint density at radius 3 is 2.06 bits per heavy atom. The summed E-state index contributed by atoms with van der Waals surface area (Å²) in [5, 5.41) is 16.6. The zero-order chi connectivity index (χ0) is 12.6. The molecule has 2 N–H and O–H groups in total. The molecule has 0 unspecified atom stereocenters. The maximum Gasteiger partial charge on any atom is 0.333 e. The van der Waals surface area contributed by atoms with Crippen molar-refractivity contribution in [1.29, 1.82) is 0 Å². The SMILES string of the molecule is C=C(CCCC(=O)O)C(=O)OCCC(=O)O. The van der Waals surface area contributed by atoms with Crippen LogP contribution in [0.15, 0.2) is 12.2 Å². The summed E-state index contributed by atoms with van der Waals surface area (Å²) >= 11 is 0. The van der Waals surface area contributed by atoms with E-state index in [0.717, 1.165) is 0 Å². The highest BCUT2D eigenvalue weighted by Crippen LogP contribution is 2.07. The number of hydrogen-bond donors (Lipinski definition) is 2. The molecular weight excluding hydrogens is 216 g/mol. The first-order valence-electron chi connectivity index (χ1n) is 4.72. The van der Waals surface area contributed by atoms with Crippen molar-refractivity contribution in [2.24, 2.45) is 0 Å². The van der Waals surface area contributed by atoms with Crippen LogP contribution in [-0.2, 0) is 19.1 Å². The van der Waals surface area contributed by atoms with Gasteiger partial charge in [0.05, 0.1) is 6.42 Å². The lowest BCUT2D eigenvalue weighted by molar-refractivity contribution is -0.144. The van der Waals surface area contributed by atoms with E-state index in [4.69, 9.17) is 10.2 Å². The van der Waals surface area contributed by atoms with E-state index in [-0.39, 0.29) is 31.4 Å². The van der Waals surface area contributed by atoms with E-state index in [0.29, 0.717) is 6.42 Å². The van der Waals surface area contributed by atoms with Crippen LogP contribution in [0.3, 0.4) is 0 Å². The Morgan fingerprint density at radius 1 is 1.00 bits per heavy atom. The van der Waals surface area contributed by atoms with Crippen LogP contribution in [0.5, 0.6) is 0 Å². The summed E-state index contributed by atoms with van der Waals surface area (Å²) in [5.74, 6) is -2.66. The van der Waals surface area contributed by atoms with Crippen molar-refractivity contribution in [3.05, 3.63) is 12.2 Å². The number of ether oxygens (including phenoxy) is 1. The second-order valence-corrected chi connectivity index (χ2v) is 3.13. The largest absolute Gasteiger partial charge is 0.481 e. The molecule has 16 heavy (non-hydrogen) atoms. The molecule has 90 valence electrons. The van der Waals surface area contributed by atoms with E-state index in [1.165, 1.54) is 0 Å². The molecule has 0 saturated heterocycles. The molecule has 0 amide bonds. The van der Waals surface area contributed by atoms with Crippen molar-refractivity contribution >= 4 is 17.9 Å². The molecule has 0 fully saturated rings. The van der Waals surface area contributed by atoms with Crippen LogP contribution in [0, 0.1) is 0 Å². The highest BCUT2D eigenvalue weighted by atomic mass is 16.5. The van der Waals surface area contributed by atoms with Crippen molar-refractivity contribution in [3.63, 3.8) is 0 Å². The summed E-state index contributed by atoms with van der Waals surface area (Å²) in [6.07, 6.45) is 0.246. The van der Waals surface area contributed by atoms with Crippen LogP contribution in [0.4, 0.5) is 0 Å². The summed E-state index contributed by atoms with van der Waals surface area (Å²) in [4.78, 5) is 31.4. The molecule has 6 nitrogen and oxygen atoms in total. The Kier molecular flexibility index (Phi) is 6.58. The van der Waals surface area contributed by atoms with Crippen LogP contribution in [0.2, 0.25) is 0 Å². The number of hydrogen-bond acceptors (Lipinski definition) is 4. The molecule has 0 aromatic carbocycles. The molecule has 0 aliphatic heterocycles. The molecule has 0 aliphatic carbocycles. The molecule has 0 heterocycles. The average Bonchev–Trinajstić information content (AvgIpc) is 2.16. The maximum absolute atomic E-state index is 11.1. The van der Waals surface area contributed by atoms with Crippen LogP contribution in [0.1, 0.15) is 25.7 Å². The van der Waals surface area contributed by atoms with Gasteiger partial charge < -0.3 is 14.9 Å². The van der Waals surface area contributed by atoms with Gasteiger partial charge in [0.2, 0.25) is 0 Å². The summed E-state index contributed by atoms with van der Waals surface area (Å²) in [5.41, 5.74) is 0.159. The van der Waals surface area contributed by atoms with Crippen molar-refractivity contribution < 1.29 is 29.3 Å². The molecule has 0 rings (SSSR count). The minimum Gasteiger partial charge on any atom is -0.481 e. The van der Waals surface area contributed by atoms with Gasteiger partial charge in [-0.15, -0.1) is 0 Å². The zero-order valence-electron chi connectivity index (χ0n) is 8.77. The third-order valence-electron chi connectivity index (χ3n) is 1.71. The Labute approximate surface area is 92.5 Å². The van der Waals surface area contributed by atoms with Gasteiger partial charge in [-0.2, -0.15) is 0 Å². The topological polar surface area (TPSA) is 101 Å². The maximum atomic E-state index is 11.1. The summed E-state index contributed by atoms with van der Waals surface area (Å²) in [6.45, 7) is 3.23. The molecule has 0 spiro atoms. The van der Waals surface area contributed by atoms with E-state index >= 15 is 0 Å². The van der Waals surface area contributed by atoms with Crippen LogP contribution >= 0.6 is 0 Å². The second-order valence-electron chi connectivity index (χ2n) is 3.13. The van der Waals surface area contributed by atoms with Gasteiger partial charge in [0.1, 0.15) is 6.61 Å². The summed E-state index contributed by atoms with van der Waals surface area (Å²) in [7, 11) is 0. The van der Waals surface area contributed by atoms with E-state index in [1.54, 1.807) is 0 Å². The first kappa shape index (κ1) is 14.2. The van der Waals surface area contributed by atoms with Gasteiger partial charge in [-0.25, -0.2) is 4.79 Å². The molecule has 0 radical (unpaired) electrons. The van der Waals surface area contributed by atoms with Crippen LogP contribution < -0.4 is 0 Å². The Hall–Kier alpha value is -1.85. The lowest BCUT2D eigenvalue weighted by Crippen LogP contribution is -2.11. The fourth-order valence-electron chi connectivity index (χ4n) is 0.888.